The molecule has 0 saturated carbocycles. The highest BCUT2D eigenvalue weighted by atomic mass is 79.9. The van der Waals surface area contributed by atoms with Gasteiger partial charge in [-0.1, -0.05) is 5.16 Å². The van der Waals surface area contributed by atoms with Crippen molar-refractivity contribution in [2.75, 3.05) is 0 Å². The molecule has 0 aromatic carbocycles. The van der Waals surface area contributed by atoms with Crippen molar-refractivity contribution in [1.82, 2.24) is 10.1 Å². The third kappa shape index (κ3) is 2.37. The lowest BCUT2D eigenvalue weighted by Gasteiger charge is -2.34. The molecule has 2 rings (SSSR count). The molecule has 0 amide bonds. The summed E-state index contributed by atoms with van der Waals surface area (Å²) in [6.45, 7) is 7.93. The summed E-state index contributed by atoms with van der Waals surface area (Å²) in [4.78, 5) is 5.44. The van der Waals surface area contributed by atoms with Crippen LogP contribution in [0.1, 0.15) is 33.6 Å². The number of nitrogens with two attached hydrogens (primary N) is 1. The molecule has 0 fully saturated rings. The van der Waals surface area contributed by atoms with Gasteiger partial charge < -0.3 is 10.3 Å². The molecule has 6 heteroatoms. The van der Waals surface area contributed by atoms with Crippen LogP contribution in [0.3, 0.4) is 0 Å². The van der Waals surface area contributed by atoms with Crippen molar-refractivity contribution in [3.63, 3.8) is 0 Å². The molecule has 0 bridgehead atoms. The lowest BCUT2D eigenvalue weighted by atomic mass is 9.75. The lowest BCUT2D eigenvalue weighted by Crippen LogP contribution is -2.50. The third-order valence-corrected chi connectivity index (χ3v) is 4.98. The summed E-state index contributed by atoms with van der Waals surface area (Å²) in [5.74, 6) is 1.17. The van der Waals surface area contributed by atoms with E-state index in [2.05, 4.69) is 26.1 Å². The van der Waals surface area contributed by atoms with Crippen LogP contribution < -0.4 is 5.73 Å². The van der Waals surface area contributed by atoms with Gasteiger partial charge in [0.15, 0.2) is 0 Å². The highest BCUT2D eigenvalue weighted by Crippen LogP contribution is 2.34. The van der Waals surface area contributed by atoms with E-state index in [1.165, 1.54) is 0 Å². The Kier molecular flexibility index (Phi) is 3.38. The minimum absolute atomic E-state index is 0.382. The first-order valence-electron chi connectivity index (χ1n) is 5.60. The van der Waals surface area contributed by atoms with E-state index < -0.39 is 5.54 Å². The molecular weight excluding hydrogens is 314 g/mol. The van der Waals surface area contributed by atoms with Gasteiger partial charge >= 0.3 is 0 Å². The Bertz CT molecular complexity index is 554. The van der Waals surface area contributed by atoms with Gasteiger partial charge in [-0.25, -0.2) is 0 Å². The second kappa shape index (κ2) is 4.43. The van der Waals surface area contributed by atoms with Gasteiger partial charge in [-0.05, 0) is 55.8 Å². The molecule has 0 aliphatic heterocycles. The molecule has 0 radical (unpaired) electrons. The van der Waals surface area contributed by atoms with Gasteiger partial charge in [0, 0.05) is 5.54 Å². The summed E-state index contributed by atoms with van der Waals surface area (Å²) in [7, 11) is 0. The first-order valence-corrected chi connectivity index (χ1v) is 7.21. The fourth-order valence-electron chi connectivity index (χ4n) is 1.29. The normalized spacial score (nSPS) is 13.0. The van der Waals surface area contributed by atoms with Crippen molar-refractivity contribution in [1.29, 1.82) is 0 Å². The van der Waals surface area contributed by atoms with Crippen molar-refractivity contribution in [3.8, 4) is 10.7 Å². The Labute approximate surface area is 119 Å². The number of hydrogen-bond donors (Lipinski definition) is 1. The second-order valence-corrected chi connectivity index (χ2v) is 7.84. The van der Waals surface area contributed by atoms with Crippen LogP contribution in [-0.2, 0) is 5.41 Å². The molecule has 2 aromatic heterocycles. The molecule has 2 N–H and O–H groups in total. The molecule has 2 heterocycles. The number of halogens is 1. The number of aromatic nitrogens is 2. The number of hydrogen-bond acceptors (Lipinski definition) is 5. The maximum atomic E-state index is 6.16. The molecular formula is C12H16BrN3OS. The SMILES string of the molecule is CC(C)(N)C(C)(C)c1nc(-c2ccc(Br)s2)no1. The molecule has 18 heavy (non-hydrogen) atoms. The largest absolute Gasteiger partial charge is 0.338 e. The maximum absolute atomic E-state index is 6.16. The van der Waals surface area contributed by atoms with Gasteiger partial charge in [-0.3, -0.25) is 0 Å². The maximum Gasteiger partial charge on any atom is 0.234 e. The fourth-order valence-corrected chi connectivity index (χ4v) is 2.60. The quantitative estimate of drug-likeness (QED) is 0.934. The number of thiophene rings is 1. The topological polar surface area (TPSA) is 64.9 Å². The summed E-state index contributed by atoms with van der Waals surface area (Å²) >= 11 is 4.99. The first kappa shape index (κ1) is 13.7. The Morgan fingerprint density at radius 2 is 1.94 bits per heavy atom. The Morgan fingerprint density at radius 3 is 2.44 bits per heavy atom. The average molecular weight is 330 g/mol. The standard InChI is InChI=1S/C12H16BrN3OS/c1-11(2,12(3,4)14)10-15-9(16-17-10)7-5-6-8(13)18-7/h5-6H,14H2,1-4H3. The van der Waals surface area contributed by atoms with Gasteiger partial charge in [0.05, 0.1) is 14.1 Å². The third-order valence-electron chi connectivity index (χ3n) is 3.37. The molecule has 0 atom stereocenters. The van der Waals surface area contributed by atoms with E-state index in [0.717, 1.165) is 8.66 Å². The molecule has 0 aliphatic rings. The van der Waals surface area contributed by atoms with Crippen LogP contribution in [-0.4, -0.2) is 15.7 Å². The van der Waals surface area contributed by atoms with Crippen molar-refractivity contribution < 1.29 is 4.52 Å². The van der Waals surface area contributed by atoms with Gasteiger partial charge in [0.25, 0.3) is 0 Å². The van der Waals surface area contributed by atoms with Gasteiger partial charge in [0.1, 0.15) is 0 Å². The van der Waals surface area contributed by atoms with E-state index in [1.807, 2.05) is 39.8 Å². The van der Waals surface area contributed by atoms with Gasteiger partial charge in [0.2, 0.25) is 11.7 Å². The van der Waals surface area contributed by atoms with E-state index >= 15 is 0 Å². The van der Waals surface area contributed by atoms with E-state index in [1.54, 1.807) is 11.3 Å². The van der Waals surface area contributed by atoms with Crippen molar-refractivity contribution in [3.05, 3.63) is 21.8 Å². The van der Waals surface area contributed by atoms with Crippen LogP contribution in [0.5, 0.6) is 0 Å². The van der Waals surface area contributed by atoms with Crippen molar-refractivity contribution in [2.45, 2.75) is 38.6 Å². The molecule has 4 nitrogen and oxygen atoms in total. The molecule has 0 aliphatic carbocycles. The van der Waals surface area contributed by atoms with Crippen LogP contribution >= 0.6 is 27.3 Å². The lowest BCUT2D eigenvalue weighted by molar-refractivity contribution is 0.223. The van der Waals surface area contributed by atoms with Gasteiger partial charge in [-0.2, -0.15) is 4.98 Å². The van der Waals surface area contributed by atoms with Crippen molar-refractivity contribution in [2.24, 2.45) is 5.73 Å². The molecule has 2 aromatic rings. The zero-order valence-electron chi connectivity index (χ0n) is 10.8. The Morgan fingerprint density at radius 1 is 1.28 bits per heavy atom. The van der Waals surface area contributed by atoms with E-state index in [9.17, 15) is 0 Å². The summed E-state index contributed by atoms with van der Waals surface area (Å²) in [5.41, 5.74) is 5.34. The minimum atomic E-state index is -0.438. The Balaban J connectivity index is 2.37. The average Bonchev–Trinajstić information content (AvgIpc) is 2.83. The van der Waals surface area contributed by atoms with E-state index in [-0.39, 0.29) is 5.41 Å². The summed E-state index contributed by atoms with van der Waals surface area (Å²) < 4.78 is 6.41. The van der Waals surface area contributed by atoms with E-state index in [0.29, 0.717) is 11.7 Å². The van der Waals surface area contributed by atoms with E-state index in [4.69, 9.17) is 10.3 Å². The fraction of sp³-hybridized carbons (Fsp3) is 0.500. The number of nitrogens with zero attached hydrogens (tertiary/aromatic N) is 2. The predicted octanol–water partition coefficient (Wildman–Crippen LogP) is 3.58. The highest BCUT2D eigenvalue weighted by molar-refractivity contribution is 9.11. The smallest absolute Gasteiger partial charge is 0.234 e. The summed E-state index contributed by atoms with van der Waals surface area (Å²) in [6.07, 6.45) is 0. The molecule has 98 valence electrons. The number of rotatable bonds is 3. The van der Waals surface area contributed by atoms with Crippen LogP contribution in [0.25, 0.3) is 10.7 Å². The van der Waals surface area contributed by atoms with Crippen molar-refractivity contribution >= 4 is 27.3 Å². The Hall–Kier alpha value is -0.720. The van der Waals surface area contributed by atoms with Crippen LogP contribution in [0, 0.1) is 0 Å². The van der Waals surface area contributed by atoms with Gasteiger partial charge in [-0.15, -0.1) is 11.3 Å². The van der Waals surface area contributed by atoms with Crippen LogP contribution in [0.4, 0.5) is 0 Å². The molecule has 0 saturated heterocycles. The zero-order chi connectivity index (χ0) is 13.6. The monoisotopic (exact) mass is 329 g/mol. The first-order chi connectivity index (χ1) is 8.22. The summed E-state index contributed by atoms with van der Waals surface area (Å²) in [5, 5.41) is 4.03. The zero-order valence-corrected chi connectivity index (χ0v) is 13.2. The molecule has 0 spiro atoms. The highest BCUT2D eigenvalue weighted by Gasteiger charge is 2.40. The molecule has 0 unspecified atom stereocenters. The summed E-state index contributed by atoms with van der Waals surface area (Å²) in [6, 6.07) is 3.93. The van der Waals surface area contributed by atoms with Crippen LogP contribution in [0.15, 0.2) is 20.4 Å². The second-order valence-electron chi connectivity index (χ2n) is 5.37. The predicted molar refractivity (Wildman–Crippen MR) is 76.6 cm³/mol. The minimum Gasteiger partial charge on any atom is -0.338 e. The van der Waals surface area contributed by atoms with Crippen LogP contribution in [0.2, 0.25) is 0 Å².